The van der Waals surface area contributed by atoms with Gasteiger partial charge in [-0.05, 0) is 37.1 Å². The summed E-state index contributed by atoms with van der Waals surface area (Å²) in [6, 6.07) is 14.4. The topological polar surface area (TPSA) is 37.7 Å². The standard InChI is InChI=1S/C21H27N3O2/c1-22-11-5-9-19(22)20(25)24-12-6-10-21(16-24)15-23(13-14-26-17-21)18-7-3-2-4-8-18/h2-5,7-9,11H,6,10,12-17H2,1H3. The number of carbonyl (C=O) groups excluding carboxylic acids is 1. The first kappa shape index (κ1) is 17.2. The third kappa shape index (κ3) is 3.36. The minimum Gasteiger partial charge on any atom is -0.379 e. The molecule has 1 spiro atoms. The molecular formula is C21H27N3O2. The molecule has 5 nitrogen and oxygen atoms in total. The number of rotatable bonds is 2. The highest BCUT2D eigenvalue weighted by Gasteiger charge is 2.40. The van der Waals surface area contributed by atoms with E-state index in [9.17, 15) is 4.79 Å². The van der Waals surface area contributed by atoms with Crippen LogP contribution < -0.4 is 4.90 Å². The van der Waals surface area contributed by atoms with E-state index in [4.69, 9.17) is 4.74 Å². The van der Waals surface area contributed by atoms with Crippen molar-refractivity contribution in [2.45, 2.75) is 12.8 Å². The van der Waals surface area contributed by atoms with Gasteiger partial charge in [0.2, 0.25) is 0 Å². The fraction of sp³-hybridized carbons (Fsp3) is 0.476. The van der Waals surface area contributed by atoms with Crippen molar-refractivity contribution >= 4 is 11.6 Å². The minimum absolute atomic E-state index is 0.00537. The largest absolute Gasteiger partial charge is 0.379 e. The summed E-state index contributed by atoms with van der Waals surface area (Å²) in [6.07, 6.45) is 4.06. The lowest BCUT2D eigenvalue weighted by atomic mass is 9.80. The number of piperidine rings is 1. The van der Waals surface area contributed by atoms with Crippen molar-refractivity contribution in [3.63, 3.8) is 0 Å². The Morgan fingerprint density at radius 2 is 1.92 bits per heavy atom. The number of para-hydroxylation sites is 1. The van der Waals surface area contributed by atoms with Gasteiger partial charge < -0.3 is 19.1 Å². The fourth-order valence-corrected chi connectivity index (χ4v) is 4.33. The lowest BCUT2D eigenvalue weighted by molar-refractivity contribution is 0.0131. The quantitative estimate of drug-likeness (QED) is 0.833. The predicted octanol–water partition coefficient (Wildman–Crippen LogP) is 2.78. The zero-order valence-corrected chi connectivity index (χ0v) is 15.4. The molecule has 0 radical (unpaired) electrons. The lowest BCUT2D eigenvalue weighted by Gasteiger charge is -2.44. The maximum absolute atomic E-state index is 13.0. The van der Waals surface area contributed by atoms with Crippen LogP contribution in [0.1, 0.15) is 23.3 Å². The number of ether oxygens (including phenoxy) is 1. The van der Waals surface area contributed by atoms with Crippen LogP contribution in [-0.2, 0) is 11.8 Å². The number of benzene rings is 1. The summed E-state index contributed by atoms with van der Waals surface area (Å²) >= 11 is 0. The predicted molar refractivity (Wildman–Crippen MR) is 102 cm³/mol. The van der Waals surface area contributed by atoms with Gasteiger partial charge in [-0.2, -0.15) is 0 Å². The average molecular weight is 353 g/mol. The summed E-state index contributed by atoms with van der Waals surface area (Å²) in [4.78, 5) is 17.4. The van der Waals surface area contributed by atoms with Crippen molar-refractivity contribution in [1.29, 1.82) is 0 Å². The molecule has 3 heterocycles. The maximum atomic E-state index is 13.0. The van der Waals surface area contributed by atoms with Gasteiger partial charge in [-0.1, -0.05) is 18.2 Å². The van der Waals surface area contributed by atoms with Crippen molar-refractivity contribution in [2.24, 2.45) is 12.5 Å². The molecule has 2 aliphatic heterocycles. The number of anilines is 1. The molecule has 0 bridgehead atoms. The number of aryl methyl sites for hydroxylation is 1. The van der Waals surface area contributed by atoms with E-state index < -0.39 is 0 Å². The molecule has 5 heteroatoms. The maximum Gasteiger partial charge on any atom is 0.270 e. The van der Waals surface area contributed by atoms with E-state index in [1.807, 2.05) is 34.8 Å². The van der Waals surface area contributed by atoms with Crippen LogP contribution in [0.5, 0.6) is 0 Å². The number of aromatic nitrogens is 1. The number of nitrogens with zero attached hydrogens (tertiary/aromatic N) is 3. The van der Waals surface area contributed by atoms with Gasteiger partial charge in [0.15, 0.2) is 0 Å². The first-order valence-electron chi connectivity index (χ1n) is 9.45. The van der Waals surface area contributed by atoms with E-state index in [0.717, 1.165) is 57.9 Å². The molecule has 4 rings (SSSR count). The highest BCUT2D eigenvalue weighted by molar-refractivity contribution is 5.92. The molecule has 1 aromatic heterocycles. The Morgan fingerprint density at radius 3 is 2.69 bits per heavy atom. The van der Waals surface area contributed by atoms with Crippen molar-refractivity contribution in [3.8, 4) is 0 Å². The first-order valence-corrected chi connectivity index (χ1v) is 9.45. The van der Waals surface area contributed by atoms with Crippen molar-refractivity contribution in [1.82, 2.24) is 9.47 Å². The van der Waals surface area contributed by atoms with Crippen LogP contribution >= 0.6 is 0 Å². The molecule has 1 aromatic carbocycles. The van der Waals surface area contributed by atoms with Gasteiger partial charge in [0.1, 0.15) is 5.69 Å². The third-order valence-corrected chi connectivity index (χ3v) is 5.67. The molecule has 2 aromatic rings. The number of amides is 1. The van der Waals surface area contributed by atoms with Crippen LogP contribution in [0.3, 0.4) is 0 Å². The summed E-state index contributed by atoms with van der Waals surface area (Å²) in [7, 11) is 1.93. The second kappa shape index (κ2) is 7.16. The first-order chi connectivity index (χ1) is 12.7. The zero-order valence-electron chi connectivity index (χ0n) is 15.4. The SMILES string of the molecule is Cn1cccc1C(=O)N1CCCC2(COCCN(c3ccccc3)C2)C1. The van der Waals surface area contributed by atoms with E-state index >= 15 is 0 Å². The molecule has 0 saturated carbocycles. The molecule has 26 heavy (non-hydrogen) atoms. The summed E-state index contributed by atoms with van der Waals surface area (Å²) in [5.74, 6) is 0.132. The second-order valence-electron chi connectivity index (χ2n) is 7.64. The molecule has 2 aliphatic rings. The second-order valence-corrected chi connectivity index (χ2v) is 7.64. The van der Waals surface area contributed by atoms with E-state index in [0.29, 0.717) is 0 Å². The number of hydrogen-bond acceptors (Lipinski definition) is 3. The highest BCUT2D eigenvalue weighted by Crippen LogP contribution is 2.35. The molecule has 138 valence electrons. The van der Waals surface area contributed by atoms with Crippen LogP contribution in [0.15, 0.2) is 48.7 Å². The van der Waals surface area contributed by atoms with Gasteiger partial charge in [-0.15, -0.1) is 0 Å². The Balaban J connectivity index is 1.54. The average Bonchev–Trinajstić information content (AvgIpc) is 3.00. The highest BCUT2D eigenvalue weighted by atomic mass is 16.5. The Labute approximate surface area is 155 Å². The molecule has 1 unspecified atom stereocenters. The van der Waals surface area contributed by atoms with E-state index in [-0.39, 0.29) is 11.3 Å². The number of hydrogen-bond donors (Lipinski definition) is 0. The van der Waals surface area contributed by atoms with Crippen LogP contribution in [0, 0.1) is 5.41 Å². The van der Waals surface area contributed by atoms with Gasteiger partial charge in [0.05, 0.1) is 13.2 Å². The van der Waals surface area contributed by atoms with Crippen LogP contribution in [0.2, 0.25) is 0 Å². The molecule has 1 atom stereocenters. The number of likely N-dealkylation sites (tertiary alicyclic amines) is 1. The smallest absolute Gasteiger partial charge is 0.270 e. The Bertz CT molecular complexity index is 758. The third-order valence-electron chi connectivity index (χ3n) is 5.67. The number of carbonyl (C=O) groups is 1. The molecule has 0 N–H and O–H groups in total. The normalized spacial score (nSPS) is 23.9. The van der Waals surface area contributed by atoms with Crippen molar-refractivity contribution in [2.75, 3.05) is 44.3 Å². The van der Waals surface area contributed by atoms with Crippen molar-refractivity contribution in [3.05, 3.63) is 54.4 Å². The Kier molecular flexibility index (Phi) is 4.72. The molecule has 2 saturated heterocycles. The van der Waals surface area contributed by atoms with Crippen LogP contribution in [0.4, 0.5) is 5.69 Å². The molecule has 0 aliphatic carbocycles. The molecular weight excluding hydrogens is 326 g/mol. The zero-order chi connectivity index (χ0) is 18.0. The van der Waals surface area contributed by atoms with Gasteiger partial charge >= 0.3 is 0 Å². The Morgan fingerprint density at radius 1 is 1.08 bits per heavy atom. The van der Waals surface area contributed by atoms with E-state index in [1.54, 1.807) is 0 Å². The van der Waals surface area contributed by atoms with E-state index in [2.05, 4.69) is 35.2 Å². The summed E-state index contributed by atoms with van der Waals surface area (Å²) in [5, 5.41) is 0. The van der Waals surface area contributed by atoms with Crippen LogP contribution in [0.25, 0.3) is 0 Å². The van der Waals surface area contributed by atoms with Crippen molar-refractivity contribution < 1.29 is 9.53 Å². The molecule has 1 amide bonds. The Hall–Kier alpha value is -2.27. The lowest BCUT2D eigenvalue weighted by Crippen LogP contribution is -2.52. The summed E-state index contributed by atoms with van der Waals surface area (Å²) in [5.41, 5.74) is 2.01. The van der Waals surface area contributed by atoms with Gasteiger partial charge in [0, 0.05) is 50.5 Å². The minimum atomic E-state index is 0.00537. The van der Waals surface area contributed by atoms with Crippen LogP contribution in [-0.4, -0.2) is 54.8 Å². The summed E-state index contributed by atoms with van der Waals surface area (Å²) < 4.78 is 7.90. The van der Waals surface area contributed by atoms with E-state index in [1.165, 1.54) is 5.69 Å². The van der Waals surface area contributed by atoms with Gasteiger partial charge in [-0.25, -0.2) is 0 Å². The van der Waals surface area contributed by atoms with Gasteiger partial charge in [-0.3, -0.25) is 4.79 Å². The monoisotopic (exact) mass is 353 g/mol. The molecule has 2 fully saturated rings. The summed E-state index contributed by atoms with van der Waals surface area (Å²) in [6.45, 7) is 4.90. The fourth-order valence-electron chi connectivity index (χ4n) is 4.33. The van der Waals surface area contributed by atoms with Gasteiger partial charge in [0.25, 0.3) is 5.91 Å².